The maximum Gasteiger partial charge on any atom is 0.396 e. The van der Waals surface area contributed by atoms with Crippen LogP contribution < -0.4 is 5.32 Å². The maximum absolute atomic E-state index is 11.5. The highest BCUT2D eigenvalue weighted by Gasteiger charge is 2.19. The third kappa shape index (κ3) is 3.56. The fraction of sp³-hybridized carbons (Fsp3) is 0.500. The Balaban J connectivity index is 2.66. The third-order valence-electron chi connectivity index (χ3n) is 2.35. The second-order valence-corrected chi connectivity index (χ2v) is 5.24. The molecule has 1 aromatic rings. The normalized spacial score (nSPS) is 12.0. The van der Waals surface area contributed by atoms with Crippen molar-refractivity contribution in [2.75, 3.05) is 6.61 Å². The number of carbonyl (C=O) groups excluding carboxylic acids is 2. The Hall–Kier alpha value is -1.36. The van der Waals surface area contributed by atoms with Crippen molar-refractivity contribution in [2.24, 2.45) is 0 Å². The van der Waals surface area contributed by atoms with E-state index in [2.05, 4.69) is 10.1 Å². The summed E-state index contributed by atoms with van der Waals surface area (Å²) in [5.41, 5.74) is 1.05. The first kappa shape index (κ1) is 13.7. The van der Waals surface area contributed by atoms with E-state index in [-0.39, 0.29) is 12.6 Å². The lowest BCUT2D eigenvalue weighted by Crippen LogP contribution is -2.34. The lowest BCUT2D eigenvalue weighted by atomic mass is 10.1. The molecule has 0 aliphatic heterocycles. The number of hydrogen-bond donors (Lipinski definition) is 1. The van der Waals surface area contributed by atoms with Crippen LogP contribution in [0.4, 0.5) is 0 Å². The van der Waals surface area contributed by atoms with Crippen molar-refractivity contribution >= 4 is 23.2 Å². The van der Waals surface area contributed by atoms with Gasteiger partial charge < -0.3 is 10.1 Å². The molecular weight excluding hydrogens is 238 g/mol. The highest BCUT2D eigenvalue weighted by Crippen LogP contribution is 2.25. The molecule has 17 heavy (non-hydrogen) atoms. The summed E-state index contributed by atoms with van der Waals surface area (Å²) >= 11 is 1.68. The van der Waals surface area contributed by atoms with Gasteiger partial charge in [-0.1, -0.05) is 0 Å². The van der Waals surface area contributed by atoms with Crippen LogP contribution in [0.15, 0.2) is 6.07 Å². The zero-order chi connectivity index (χ0) is 13.0. The Kier molecular flexibility index (Phi) is 4.69. The number of nitrogens with one attached hydrogen (secondary N) is 1. The number of ether oxygens (including phenoxy) is 1. The zero-order valence-electron chi connectivity index (χ0n) is 10.5. The number of aryl methyl sites for hydroxylation is 2. The predicted octanol–water partition coefficient (Wildman–Crippen LogP) is 2.11. The number of carbonyl (C=O) groups is 2. The molecule has 0 saturated carbocycles. The molecule has 0 fully saturated rings. The van der Waals surface area contributed by atoms with E-state index in [1.807, 2.05) is 26.8 Å². The molecule has 5 heteroatoms. The van der Waals surface area contributed by atoms with E-state index in [0.29, 0.717) is 0 Å². The molecule has 1 amide bonds. The topological polar surface area (TPSA) is 55.4 Å². The van der Waals surface area contributed by atoms with Crippen LogP contribution in [0, 0.1) is 13.8 Å². The molecule has 0 aliphatic rings. The van der Waals surface area contributed by atoms with E-state index in [4.69, 9.17) is 0 Å². The van der Waals surface area contributed by atoms with Gasteiger partial charge in [0.05, 0.1) is 12.6 Å². The molecule has 1 heterocycles. The minimum absolute atomic E-state index is 0.183. The van der Waals surface area contributed by atoms with Gasteiger partial charge in [-0.05, 0) is 39.3 Å². The van der Waals surface area contributed by atoms with E-state index >= 15 is 0 Å². The molecule has 0 aromatic carbocycles. The summed E-state index contributed by atoms with van der Waals surface area (Å²) in [4.78, 5) is 25.0. The molecule has 1 N–H and O–H groups in total. The highest BCUT2D eigenvalue weighted by molar-refractivity contribution is 7.12. The molecule has 1 atom stereocenters. The highest BCUT2D eigenvalue weighted by atomic mass is 32.1. The Morgan fingerprint density at radius 2 is 2.12 bits per heavy atom. The molecule has 94 valence electrons. The summed E-state index contributed by atoms with van der Waals surface area (Å²) in [7, 11) is 0. The maximum atomic E-state index is 11.5. The Bertz CT molecular complexity index is 425. The molecule has 0 bridgehead atoms. The van der Waals surface area contributed by atoms with Crippen LogP contribution in [0.5, 0.6) is 0 Å². The fourth-order valence-corrected chi connectivity index (χ4v) is 2.63. The first-order valence-electron chi connectivity index (χ1n) is 5.50. The second kappa shape index (κ2) is 5.82. The molecule has 1 unspecified atom stereocenters. The van der Waals surface area contributed by atoms with Gasteiger partial charge in [-0.25, -0.2) is 4.79 Å². The van der Waals surface area contributed by atoms with Gasteiger partial charge in [0, 0.05) is 9.75 Å². The second-order valence-electron chi connectivity index (χ2n) is 3.78. The van der Waals surface area contributed by atoms with E-state index in [1.165, 1.54) is 4.88 Å². The van der Waals surface area contributed by atoms with Gasteiger partial charge in [0.1, 0.15) is 0 Å². The molecule has 1 aromatic heterocycles. The summed E-state index contributed by atoms with van der Waals surface area (Å²) in [5.74, 6) is -1.52. The van der Waals surface area contributed by atoms with E-state index in [9.17, 15) is 9.59 Å². The average molecular weight is 255 g/mol. The van der Waals surface area contributed by atoms with Crippen LogP contribution in [0.25, 0.3) is 0 Å². The van der Waals surface area contributed by atoms with Crippen LogP contribution in [0.3, 0.4) is 0 Å². The van der Waals surface area contributed by atoms with Crippen molar-refractivity contribution in [3.8, 4) is 0 Å². The monoisotopic (exact) mass is 255 g/mol. The summed E-state index contributed by atoms with van der Waals surface area (Å²) in [6.07, 6.45) is 0. The molecule has 0 aliphatic carbocycles. The third-order valence-corrected chi connectivity index (χ3v) is 3.34. The van der Waals surface area contributed by atoms with Crippen molar-refractivity contribution in [1.82, 2.24) is 5.32 Å². The molecule has 0 radical (unpaired) electrons. The van der Waals surface area contributed by atoms with Crippen molar-refractivity contribution in [1.29, 1.82) is 0 Å². The Labute approximate surface area is 105 Å². The number of hydrogen-bond acceptors (Lipinski definition) is 4. The molecule has 0 spiro atoms. The minimum atomic E-state index is -0.830. The van der Waals surface area contributed by atoms with E-state index in [0.717, 1.165) is 10.4 Å². The summed E-state index contributed by atoms with van der Waals surface area (Å²) in [5, 5.41) is 2.63. The SMILES string of the molecule is CCOC(=O)C(=O)NC(C)c1cc(C)sc1C. The molecule has 1 rings (SSSR count). The van der Waals surface area contributed by atoms with Gasteiger partial charge >= 0.3 is 11.9 Å². The summed E-state index contributed by atoms with van der Waals surface area (Å²) in [6, 6.07) is 1.84. The van der Waals surface area contributed by atoms with E-state index in [1.54, 1.807) is 18.3 Å². The van der Waals surface area contributed by atoms with Crippen LogP contribution in [0.1, 0.15) is 35.2 Å². The average Bonchev–Trinajstić information content (AvgIpc) is 2.58. The Morgan fingerprint density at radius 1 is 1.47 bits per heavy atom. The van der Waals surface area contributed by atoms with E-state index < -0.39 is 11.9 Å². The molecule has 0 saturated heterocycles. The van der Waals surface area contributed by atoms with Gasteiger partial charge in [0.2, 0.25) is 0 Å². The van der Waals surface area contributed by atoms with Gasteiger partial charge in [-0.3, -0.25) is 4.79 Å². The van der Waals surface area contributed by atoms with Crippen LogP contribution in [0.2, 0.25) is 0 Å². The van der Waals surface area contributed by atoms with Gasteiger partial charge in [0.15, 0.2) is 0 Å². The van der Waals surface area contributed by atoms with Crippen molar-refractivity contribution in [3.63, 3.8) is 0 Å². The largest absolute Gasteiger partial charge is 0.459 e. The minimum Gasteiger partial charge on any atom is -0.459 e. The number of amides is 1. The standard InChI is InChI=1S/C12H17NO3S/c1-5-16-12(15)11(14)13-8(3)10-6-7(2)17-9(10)4/h6,8H,5H2,1-4H3,(H,13,14). The van der Waals surface area contributed by atoms with Crippen LogP contribution in [-0.2, 0) is 14.3 Å². The first-order valence-corrected chi connectivity index (χ1v) is 6.31. The zero-order valence-corrected chi connectivity index (χ0v) is 11.3. The van der Waals surface area contributed by atoms with Crippen LogP contribution >= 0.6 is 11.3 Å². The van der Waals surface area contributed by atoms with Gasteiger partial charge in [0.25, 0.3) is 0 Å². The van der Waals surface area contributed by atoms with Crippen LogP contribution in [-0.4, -0.2) is 18.5 Å². The molecular formula is C12H17NO3S. The number of thiophene rings is 1. The Morgan fingerprint density at radius 3 is 2.59 bits per heavy atom. The van der Waals surface area contributed by atoms with Crippen molar-refractivity contribution in [3.05, 3.63) is 21.4 Å². The summed E-state index contributed by atoms with van der Waals surface area (Å²) < 4.78 is 4.63. The lowest BCUT2D eigenvalue weighted by Gasteiger charge is -2.12. The number of rotatable bonds is 3. The fourth-order valence-electron chi connectivity index (χ4n) is 1.61. The quantitative estimate of drug-likeness (QED) is 0.664. The van der Waals surface area contributed by atoms with Crippen molar-refractivity contribution < 1.29 is 14.3 Å². The van der Waals surface area contributed by atoms with Crippen molar-refractivity contribution in [2.45, 2.75) is 33.7 Å². The smallest absolute Gasteiger partial charge is 0.396 e. The van der Waals surface area contributed by atoms with Gasteiger partial charge in [-0.2, -0.15) is 0 Å². The summed E-state index contributed by atoms with van der Waals surface area (Å²) in [6.45, 7) is 7.74. The van der Waals surface area contributed by atoms with Gasteiger partial charge in [-0.15, -0.1) is 11.3 Å². The lowest BCUT2D eigenvalue weighted by molar-refractivity contribution is -0.154. The molecule has 4 nitrogen and oxygen atoms in total. The predicted molar refractivity (Wildman–Crippen MR) is 67.0 cm³/mol. The first-order chi connectivity index (χ1) is 7.95. The number of esters is 1.